The molecule has 0 saturated heterocycles. The number of thiol groups is 1. The zero-order chi connectivity index (χ0) is 25.3. The van der Waals surface area contributed by atoms with E-state index in [1.54, 1.807) is 12.1 Å². The monoisotopic (exact) mass is 492 g/mol. The molecule has 1 aromatic carbocycles. The number of aromatic amines is 1. The minimum Gasteiger partial charge on any atom is -0.508 e. The van der Waals surface area contributed by atoms with Crippen LogP contribution in [-0.2, 0) is 32.0 Å². The number of aromatic nitrogens is 2. The molecule has 4 atom stereocenters. The van der Waals surface area contributed by atoms with E-state index in [0.29, 0.717) is 11.3 Å². The Balaban J connectivity index is 2.24. The van der Waals surface area contributed by atoms with E-state index in [0.717, 1.165) is 0 Å². The molecule has 0 fully saturated rings. The zero-order valence-corrected chi connectivity index (χ0v) is 19.3. The van der Waals surface area contributed by atoms with Crippen molar-refractivity contribution in [3.63, 3.8) is 0 Å². The van der Waals surface area contributed by atoms with Crippen LogP contribution in [0, 0.1) is 0 Å². The number of amides is 3. The standard InChI is InChI=1S/C21H28N6O6S/c1-11(21(32)33)25-19(30)16(6-12-2-4-14(28)5-3-12)27-20(31)17(7-13-8-23-10-24-13)26-18(29)15(22)9-34/h2-5,8,10-11,15-17,28,34H,6-7,9,22H2,1H3,(H,23,24)(H,25,30)(H,26,29)(H,27,31)(H,32,33). The average molecular weight is 493 g/mol. The molecular weight excluding hydrogens is 464 g/mol. The van der Waals surface area contributed by atoms with Crippen molar-refractivity contribution in [1.29, 1.82) is 0 Å². The Kier molecular flexibility index (Phi) is 9.89. The summed E-state index contributed by atoms with van der Waals surface area (Å²) in [6.45, 7) is 1.29. The zero-order valence-electron chi connectivity index (χ0n) is 18.4. The predicted molar refractivity (Wildman–Crippen MR) is 125 cm³/mol. The first-order valence-electron chi connectivity index (χ1n) is 10.4. The number of carboxylic acid groups (broad SMARTS) is 1. The quantitative estimate of drug-likeness (QED) is 0.167. The lowest BCUT2D eigenvalue weighted by atomic mass is 10.0. The number of aromatic hydroxyl groups is 1. The lowest BCUT2D eigenvalue weighted by Crippen LogP contribution is -2.58. The summed E-state index contributed by atoms with van der Waals surface area (Å²) < 4.78 is 0. The number of nitrogens with two attached hydrogens (primary N) is 1. The van der Waals surface area contributed by atoms with Crippen molar-refractivity contribution < 1.29 is 29.4 Å². The van der Waals surface area contributed by atoms with Gasteiger partial charge in [0.05, 0.1) is 12.4 Å². The number of nitrogens with one attached hydrogen (secondary N) is 4. The van der Waals surface area contributed by atoms with E-state index in [2.05, 4.69) is 38.5 Å². The lowest BCUT2D eigenvalue weighted by molar-refractivity contribution is -0.141. The van der Waals surface area contributed by atoms with Crippen LogP contribution in [0.2, 0.25) is 0 Å². The molecule has 2 aromatic rings. The third-order valence-corrected chi connectivity index (χ3v) is 5.28. The van der Waals surface area contributed by atoms with Crippen LogP contribution in [-0.4, -0.2) is 73.8 Å². The van der Waals surface area contributed by atoms with Gasteiger partial charge in [-0.3, -0.25) is 19.2 Å². The number of rotatable bonds is 12. The summed E-state index contributed by atoms with van der Waals surface area (Å²) in [7, 11) is 0. The molecule has 4 unspecified atom stereocenters. The highest BCUT2D eigenvalue weighted by Crippen LogP contribution is 2.12. The number of phenols is 1. The van der Waals surface area contributed by atoms with Gasteiger partial charge in [-0.05, 0) is 24.6 Å². The summed E-state index contributed by atoms with van der Waals surface area (Å²) in [4.78, 5) is 56.2. The molecule has 0 radical (unpaired) electrons. The van der Waals surface area contributed by atoms with Crippen LogP contribution in [0.3, 0.4) is 0 Å². The summed E-state index contributed by atoms with van der Waals surface area (Å²) in [6.07, 6.45) is 2.95. The van der Waals surface area contributed by atoms with Crippen LogP contribution in [0.4, 0.5) is 0 Å². The Labute approximate surface area is 201 Å². The van der Waals surface area contributed by atoms with E-state index in [1.807, 2.05) is 0 Å². The van der Waals surface area contributed by atoms with Crippen LogP contribution >= 0.6 is 12.6 Å². The SMILES string of the molecule is CC(NC(=O)C(Cc1ccc(O)cc1)NC(=O)C(Cc1cnc[nH]1)NC(=O)C(N)CS)C(=O)O. The summed E-state index contributed by atoms with van der Waals surface area (Å²) in [5.41, 5.74) is 6.86. The second-order valence-electron chi connectivity index (χ2n) is 7.63. The molecule has 0 spiro atoms. The van der Waals surface area contributed by atoms with Gasteiger partial charge in [0, 0.05) is 30.5 Å². The van der Waals surface area contributed by atoms with Gasteiger partial charge in [-0.25, -0.2) is 4.98 Å². The van der Waals surface area contributed by atoms with Gasteiger partial charge < -0.3 is 36.9 Å². The molecule has 3 amide bonds. The topological polar surface area (TPSA) is 200 Å². The number of hydrogen-bond acceptors (Lipinski definition) is 8. The normalized spacial score (nSPS) is 14.3. The number of carboxylic acids is 1. The smallest absolute Gasteiger partial charge is 0.325 e. The number of carbonyl (C=O) groups is 4. The molecule has 0 aliphatic heterocycles. The van der Waals surface area contributed by atoms with Crippen molar-refractivity contribution in [2.24, 2.45) is 5.73 Å². The van der Waals surface area contributed by atoms with Gasteiger partial charge in [0.1, 0.15) is 23.9 Å². The van der Waals surface area contributed by atoms with Gasteiger partial charge in [0.25, 0.3) is 0 Å². The predicted octanol–water partition coefficient (Wildman–Crippen LogP) is -1.28. The number of hydrogen-bond donors (Lipinski definition) is 8. The summed E-state index contributed by atoms with van der Waals surface area (Å²) >= 11 is 3.99. The number of H-pyrrole nitrogens is 1. The highest BCUT2D eigenvalue weighted by Gasteiger charge is 2.30. The molecule has 0 bridgehead atoms. The Hall–Kier alpha value is -3.58. The Morgan fingerprint density at radius 1 is 1.03 bits per heavy atom. The van der Waals surface area contributed by atoms with E-state index < -0.39 is 47.9 Å². The second kappa shape index (κ2) is 12.6. The van der Waals surface area contributed by atoms with Gasteiger partial charge in [-0.1, -0.05) is 12.1 Å². The number of phenolic OH excluding ortho intramolecular Hbond substituents is 1. The fourth-order valence-corrected chi connectivity index (χ4v) is 3.08. The van der Waals surface area contributed by atoms with Crippen molar-refractivity contribution >= 4 is 36.3 Å². The van der Waals surface area contributed by atoms with Gasteiger partial charge in [-0.2, -0.15) is 12.6 Å². The molecule has 12 nitrogen and oxygen atoms in total. The largest absolute Gasteiger partial charge is 0.508 e. The van der Waals surface area contributed by atoms with E-state index in [4.69, 9.17) is 10.8 Å². The molecule has 0 aliphatic rings. The second-order valence-corrected chi connectivity index (χ2v) is 8.00. The van der Waals surface area contributed by atoms with Crippen molar-refractivity contribution in [2.75, 3.05) is 5.75 Å². The molecule has 1 heterocycles. The van der Waals surface area contributed by atoms with E-state index in [-0.39, 0.29) is 24.3 Å². The van der Waals surface area contributed by atoms with Crippen LogP contribution in [0.15, 0.2) is 36.8 Å². The molecular formula is C21H28N6O6S. The molecule has 1 aromatic heterocycles. The van der Waals surface area contributed by atoms with Crippen molar-refractivity contribution in [2.45, 2.75) is 43.9 Å². The fourth-order valence-electron chi connectivity index (χ4n) is 2.91. The van der Waals surface area contributed by atoms with E-state index in [9.17, 15) is 24.3 Å². The number of benzene rings is 1. The molecule has 184 valence electrons. The highest BCUT2D eigenvalue weighted by molar-refractivity contribution is 7.80. The Morgan fingerprint density at radius 3 is 2.18 bits per heavy atom. The summed E-state index contributed by atoms with van der Waals surface area (Å²) in [5.74, 6) is -3.17. The van der Waals surface area contributed by atoms with Crippen LogP contribution in [0.1, 0.15) is 18.2 Å². The number of imidazole rings is 1. The van der Waals surface area contributed by atoms with Gasteiger partial charge in [0.15, 0.2) is 0 Å². The van der Waals surface area contributed by atoms with Gasteiger partial charge in [0.2, 0.25) is 17.7 Å². The molecule has 0 saturated carbocycles. The summed E-state index contributed by atoms with van der Waals surface area (Å²) in [6, 6.07) is 1.56. The van der Waals surface area contributed by atoms with E-state index >= 15 is 0 Å². The fraction of sp³-hybridized carbons (Fsp3) is 0.381. The van der Waals surface area contributed by atoms with Gasteiger partial charge >= 0.3 is 5.97 Å². The summed E-state index contributed by atoms with van der Waals surface area (Å²) in [5, 5.41) is 26.1. The van der Waals surface area contributed by atoms with Crippen molar-refractivity contribution in [3.8, 4) is 5.75 Å². The molecule has 13 heteroatoms. The van der Waals surface area contributed by atoms with Crippen LogP contribution in [0.25, 0.3) is 0 Å². The Morgan fingerprint density at radius 2 is 1.62 bits per heavy atom. The molecule has 34 heavy (non-hydrogen) atoms. The first kappa shape index (κ1) is 26.7. The minimum atomic E-state index is -1.24. The average Bonchev–Trinajstić information content (AvgIpc) is 3.31. The van der Waals surface area contributed by atoms with Crippen molar-refractivity contribution in [1.82, 2.24) is 25.9 Å². The molecule has 8 N–H and O–H groups in total. The molecule has 2 rings (SSSR count). The number of aliphatic carboxylic acids is 1. The number of carbonyl (C=O) groups excluding carboxylic acids is 3. The lowest BCUT2D eigenvalue weighted by Gasteiger charge is -2.24. The number of nitrogens with zero attached hydrogens (tertiary/aromatic N) is 1. The Bertz CT molecular complexity index is 984. The van der Waals surface area contributed by atoms with Crippen LogP contribution in [0.5, 0.6) is 5.75 Å². The maximum Gasteiger partial charge on any atom is 0.325 e. The van der Waals surface area contributed by atoms with Crippen molar-refractivity contribution in [3.05, 3.63) is 48.0 Å². The highest BCUT2D eigenvalue weighted by atomic mass is 32.1. The van der Waals surface area contributed by atoms with E-state index in [1.165, 1.54) is 31.6 Å². The third-order valence-electron chi connectivity index (χ3n) is 4.88. The first-order valence-corrected chi connectivity index (χ1v) is 11.0. The minimum absolute atomic E-state index is 0.00503. The maximum atomic E-state index is 13.1. The molecule has 0 aliphatic carbocycles. The van der Waals surface area contributed by atoms with Gasteiger partial charge in [-0.15, -0.1) is 0 Å². The third kappa shape index (κ3) is 8.08. The maximum absolute atomic E-state index is 13.1. The first-order chi connectivity index (χ1) is 16.1. The van der Waals surface area contributed by atoms with Crippen LogP contribution < -0.4 is 21.7 Å².